The first kappa shape index (κ1) is 11.7. The summed E-state index contributed by atoms with van der Waals surface area (Å²) >= 11 is 9.19. The molecule has 1 rings (SSSR count). The fraction of sp³-hybridized carbons (Fsp3) is 0.250. The van der Waals surface area contributed by atoms with E-state index >= 15 is 0 Å². The quantitative estimate of drug-likeness (QED) is 0.748. The van der Waals surface area contributed by atoms with Crippen LogP contribution < -0.4 is 0 Å². The Hall–Kier alpha value is -0.350. The molecule has 1 aromatic heterocycles. The van der Waals surface area contributed by atoms with E-state index in [1.165, 1.54) is 0 Å². The smallest absolute Gasteiger partial charge is 0.178 e. The molecule has 3 nitrogen and oxygen atoms in total. The number of carbonyl (C=O) groups excluding carboxylic acids is 1. The van der Waals surface area contributed by atoms with Crippen LogP contribution in [0.5, 0.6) is 0 Å². The van der Waals surface area contributed by atoms with Crippen molar-refractivity contribution in [3.05, 3.63) is 21.8 Å². The molecule has 0 unspecified atom stereocenters. The van der Waals surface area contributed by atoms with Gasteiger partial charge in [-0.05, 0) is 34.5 Å². The van der Waals surface area contributed by atoms with E-state index < -0.39 is 9.41 Å². The van der Waals surface area contributed by atoms with Crippen LogP contribution >= 0.6 is 27.5 Å². The summed E-state index contributed by atoms with van der Waals surface area (Å²) in [4.78, 5) is 14.5. The lowest BCUT2D eigenvalue weighted by Crippen LogP contribution is -1.92. The number of aromatic nitrogens is 1. The highest BCUT2D eigenvalue weighted by Gasteiger charge is 2.04. The highest BCUT2D eigenvalue weighted by molar-refractivity contribution is 9.10. The van der Waals surface area contributed by atoms with Gasteiger partial charge in [-0.15, -0.1) is 0 Å². The molecule has 0 saturated carbocycles. The van der Waals surface area contributed by atoms with E-state index in [-0.39, 0.29) is 0 Å². The van der Waals surface area contributed by atoms with Crippen LogP contribution in [0.25, 0.3) is 0 Å². The molecule has 6 heteroatoms. The first-order valence-corrected chi connectivity index (χ1v) is 7.19. The number of rotatable bonds is 1. The van der Waals surface area contributed by atoms with Crippen LogP contribution in [0.4, 0.5) is 5.82 Å². The van der Waals surface area contributed by atoms with E-state index in [1.807, 2.05) is 5.23 Å². The van der Waals surface area contributed by atoms with Gasteiger partial charge in [-0.3, -0.25) is 0 Å². The third kappa shape index (κ3) is 2.82. The van der Waals surface area contributed by atoms with Crippen molar-refractivity contribution < 1.29 is 4.79 Å². The van der Waals surface area contributed by atoms with E-state index in [9.17, 15) is 4.79 Å². The molecule has 0 amide bonds. The fourth-order valence-electron chi connectivity index (χ4n) is 0.708. The highest BCUT2D eigenvalue weighted by atomic mass is 79.9. The summed E-state index contributed by atoms with van der Waals surface area (Å²) in [5.74, 6) is 0.379. The number of hydrogen-bond acceptors (Lipinski definition) is 3. The minimum atomic E-state index is -1.76. The Balaban J connectivity index is 3.45. The standard InChI is InChI=1S/C8H8BrClN2OS/c1-14(2,5-13)12-8-7(10)6(9)3-4-11-8/h3-4H,1-2H3. The largest absolute Gasteiger partial charge is 0.235 e. The Morgan fingerprint density at radius 3 is 2.86 bits per heavy atom. The van der Waals surface area contributed by atoms with Gasteiger partial charge in [0.1, 0.15) is 5.02 Å². The normalized spacial score (nSPS) is 10.9. The van der Waals surface area contributed by atoms with Crippen molar-refractivity contribution in [3.63, 3.8) is 0 Å². The molecule has 0 aliphatic rings. The maximum atomic E-state index is 10.6. The summed E-state index contributed by atoms with van der Waals surface area (Å²) in [7, 11) is -1.76. The van der Waals surface area contributed by atoms with Gasteiger partial charge in [0.15, 0.2) is 11.1 Å². The molecule has 0 aromatic carbocycles. The molecule has 0 spiro atoms. The molecule has 76 valence electrons. The van der Waals surface area contributed by atoms with Gasteiger partial charge in [0.2, 0.25) is 0 Å². The van der Waals surface area contributed by atoms with Crippen molar-refractivity contribution in [1.82, 2.24) is 4.98 Å². The second-order valence-corrected chi connectivity index (χ2v) is 7.01. The maximum absolute atomic E-state index is 10.6. The van der Waals surface area contributed by atoms with Gasteiger partial charge in [0.25, 0.3) is 0 Å². The van der Waals surface area contributed by atoms with Crippen LogP contribution in [0.15, 0.2) is 21.1 Å². The van der Waals surface area contributed by atoms with Crippen LogP contribution in [0, 0.1) is 0 Å². The second kappa shape index (κ2) is 4.45. The Morgan fingerprint density at radius 1 is 1.64 bits per heavy atom. The van der Waals surface area contributed by atoms with Crippen molar-refractivity contribution in [2.24, 2.45) is 4.36 Å². The zero-order valence-corrected chi connectivity index (χ0v) is 10.8. The lowest BCUT2D eigenvalue weighted by atomic mass is 10.5. The van der Waals surface area contributed by atoms with Gasteiger partial charge in [0, 0.05) is 10.7 Å². The second-order valence-electron chi connectivity index (χ2n) is 2.88. The fourth-order valence-corrected chi connectivity index (χ4v) is 1.82. The molecule has 0 fully saturated rings. The number of halogens is 2. The van der Waals surface area contributed by atoms with Gasteiger partial charge in [-0.25, -0.2) is 14.1 Å². The average molecular weight is 296 g/mol. The summed E-state index contributed by atoms with van der Waals surface area (Å²) in [5, 5.41) is 2.31. The first-order valence-electron chi connectivity index (χ1n) is 3.61. The van der Waals surface area contributed by atoms with Crippen molar-refractivity contribution in [3.8, 4) is 0 Å². The predicted octanol–water partition coefficient (Wildman–Crippen LogP) is 2.79. The molecule has 0 saturated heterocycles. The van der Waals surface area contributed by atoms with Crippen molar-refractivity contribution in [1.29, 1.82) is 0 Å². The minimum Gasteiger partial charge on any atom is -0.235 e. The topological polar surface area (TPSA) is 42.3 Å². The highest BCUT2D eigenvalue weighted by Crippen LogP contribution is 2.30. The summed E-state index contributed by atoms with van der Waals surface area (Å²) in [5.41, 5.74) is 0. The van der Waals surface area contributed by atoms with Crippen molar-refractivity contribution in [2.75, 3.05) is 12.5 Å². The van der Waals surface area contributed by atoms with Crippen LogP contribution in [0.2, 0.25) is 5.02 Å². The molecule has 0 aliphatic heterocycles. The van der Waals surface area contributed by atoms with Gasteiger partial charge in [0.05, 0.1) is 0 Å². The molecule has 14 heavy (non-hydrogen) atoms. The molecule has 0 aliphatic carbocycles. The zero-order valence-electron chi connectivity index (χ0n) is 7.62. The van der Waals surface area contributed by atoms with Crippen molar-refractivity contribution >= 4 is 48.0 Å². The van der Waals surface area contributed by atoms with Crippen LogP contribution in [0.3, 0.4) is 0 Å². The molecular weight excluding hydrogens is 288 g/mol. The summed E-state index contributed by atoms with van der Waals surface area (Å²) < 4.78 is 4.87. The lowest BCUT2D eigenvalue weighted by Gasteiger charge is -2.01. The SMILES string of the molecule is CS(C)(=C=O)=Nc1nccc(Br)c1Cl. The number of nitrogens with zero attached hydrogens (tertiary/aromatic N) is 2. The van der Waals surface area contributed by atoms with E-state index in [1.54, 1.807) is 24.8 Å². The monoisotopic (exact) mass is 294 g/mol. The maximum Gasteiger partial charge on any atom is 0.178 e. The minimum absolute atomic E-state index is 0.379. The number of pyridine rings is 1. The summed E-state index contributed by atoms with van der Waals surface area (Å²) in [6.45, 7) is 0. The van der Waals surface area contributed by atoms with Gasteiger partial charge < -0.3 is 0 Å². The van der Waals surface area contributed by atoms with Crippen LogP contribution in [-0.4, -0.2) is 22.7 Å². The van der Waals surface area contributed by atoms with E-state index in [2.05, 4.69) is 25.3 Å². The first-order chi connectivity index (χ1) is 6.46. The molecule has 0 N–H and O–H groups in total. The Bertz CT molecular complexity index is 494. The predicted molar refractivity (Wildman–Crippen MR) is 63.9 cm³/mol. The third-order valence-electron chi connectivity index (χ3n) is 1.34. The van der Waals surface area contributed by atoms with Crippen molar-refractivity contribution in [2.45, 2.75) is 0 Å². The van der Waals surface area contributed by atoms with Crippen LogP contribution in [0.1, 0.15) is 0 Å². The zero-order chi connectivity index (χ0) is 10.8. The summed E-state index contributed by atoms with van der Waals surface area (Å²) in [6, 6.07) is 1.72. The van der Waals surface area contributed by atoms with Gasteiger partial charge in [-0.2, -0.15) is 0 Å². The number of hydrogen-bond donors (Lipinski definition) is 0. The Kier molecular flexibility index (Phi) is 3.72. The average Bonchev–Trinajstić information content (AvgIpc) is 2.13. The van der Waals surface area contributed by atoms with Crippen LogP contribution in [-0.2, 0) is 14.2 Å². The van der Waals surface area contributed by atoms with Gasteiger partial charge in [-0.1, -0.05) is 21.0 Å². The Morgan fingerprint density at radius 2 is 2.29 bits per heavy atom. The van der Waals surface area contributed by atoms with E-state index in [4.69, 9.17) is 11.6 Å². The lowest BCUT2D eigenvalue weighted by molar-refractivity contribution is 0.571. The molecule has 1 aromatic rings. The molecule has 0 bridgehead atoms. The van der Waals surface area contributed by atoms with Gasteiger partial charge >= 0.3 is 0 Å². The van der Waals surface area contributed by atoms with E-state index in [0.29, 0.717) is 15.3 Å². The molecule has 0 radical (unpaired) electrons. The Labute approximate surface area is 96.3 Å². The molecule has 0 atom stereocenters. The van der Waals surface area contributed by atoms with E-state index in [0.717, 1.165) is 0 Å². The summed E-state index contributed by atoms with van der Waals surface area (Å²) in [6.07, 6.45) is 5.02. The molecule has 1 heterocycles. The molecular formula is C8H8BrClN2OS. The third-order valence-corrected chi connectivity index (χ3v) is 3.64.